The Morgan fingerprint density at radius 3 is 2.14 bits per heavy atom. The second-order valence-corrected chi connectivity index (χ2v) is 6.54. The monoisotopic (exact) mass is 405 g/mol. The van der Waals surface area contributed by atoms with E-state index >= 15 is 0 Å². The second kappa shape index (κ2) is 8.00. The van der Waals surface area contributed by atoms with E-state index in [1.54, 1.807) is 18.2 Å². The fourth-order valence-corrected chi connectivity index (χ4v) is 3.41. The maximum absolute atomic E-state index is 12.6. The van der Waals surface area contributed by atoms with Crippen LogP contribution in [0.15, 0.2) is 24.3 Å². The van der Waals surface area contributed by atoms with E-state index in [9.17, 15) is 24.0 Å². The van der Waals surface area contributed by atoms with Crippen molar-refractivity contribution in [3.05, 3.63) is 29.8 Å². The first kappa shape index (κ1) is 20.5. The highest BCUT2D eigenvalue weighted by Gasteiger charge is 2.53. The number of ketones is 1. The minimum atomic E-state index is -1.34. The van der Waals surface area contributed by atoms with E-state index in [2.05, 4.69) is 0 Å². The van der Waals surface area contributed by atoms with E-state index in [4.69, 9.17) is 18.9 Å². The van der Waals surface area contributed by atoms with Crippen molar-refractivity contribution in [1.29, 1.82) is 0 Å². The highest BCUT2D eigenvalue weighted by molar-refractivity contribution is 6.52. The molecule has 0 saturated carbocycles. The van der Waals surface area contributed by atoms with Gasteiger partial charge in [0.1, 0.15) is 0 Å². The molecule has 29 heavy (non-hydrogen) atoms. The van der Waals surface area contributed by atoms with E-state index in [-0.39, 0.29) is 17.9 Å². The molecular formula is C19H19NO9. The number of carbonyl (C=O) groups excluding carboxylic acids is 5. The number of hydrogen-bond donors (Lipinski definition) is 0. The summed E-state index contributed by atoms with van der Waals surface area (Å²) in [5, 5.41) is 0. The van der Waals surface area contributed by atoms with E-state index in [1.807, 2.05) is 0 Å². The fraction of sp³-hybridized carbons (Fsp3) is 0.421. The summed E-state index contributed by atoms with van der Waals surface area (Å²) in [6, 6.07) is 6.28. The number of nitrogens with zero attached hydrogens (tertiary/aromatic N) is 1. The van der Waals surface area contributed by atoms with Crippen molar-refractivity contribution in [1.82, 2.24) is 0 Å². The number of amides is 1. The summed E-state index contributed by atoms with van der Waals surface area (Å²) < 4.78 is 21.4. The molecule has 2 aliphatic rings. The van der Waals surface area contributed by atoms with Gasteiger partial charge < -0.3 is 18.9 Å². The van der Waals surface area contributed by atoms with Crippen molar-refractivity contribution in [2.24, 2.45) is 0 Å². The van der Waals surface area contributed by atoms with Gasteiger partial charge in [-0.15, -0.1) is 0 Å². The minimum Gasteiger partial charge on any atom is -0.456 e. The number of anilines is 1. The first-order chi connectivity index (χ1) is 13.7. The molecule has 1 amide bonds. The highest BCUT2D eigenvalue weighted by atomic mass is 16.6. The molecule has 10 heteroatoms. The van der Waals surface area contributed by atoms with Gasteiger partial charge in [-0.3, -0.25) is 28.9 Å². The molecule has 1 aromatic rings. The number of fused-ring (bicyclic) bond motifs is 1. The highest BCUT2D eigenvalue weighted by Crippen LogP contribution is 2.35. The van der Waals surface area contributed by atoms with E-state index in [0.29, 0.717) is 0 Å². The number of para-hydroxylation sites is 1. The Labute approximate surface area is 165 Å². The van der Waals surface area contributed by atoms with Crippen LogP contribution >= 0.6 is 0 Å². The third-order valence-electron chi connectivity index (χ3n) is 4.40. The zero-order chi connectivity index (χ0) is 21.3. The van der Waals surface area contributed by atoms with Gasteiger partial charge in [-0.25, -0.2) is 0 Å². The average molecular weight is 405 g/mol. The lowest BCUT2D eigenvalue weighted by Gasteiger charge is -2.43. The zero-order valence-corrected chi connectivity index (χ0v) is 15.9. The van der Waals surface area contributed by atoms with Gasteiger partial charge >= 0.3 is 23.8 Å². The maximum Gasteiger partial charge on any atom is 0.303 e. The normalized spacial score (nSPS) is 26.0. The average Bonchev–Trinajstić information content (AvgIpc) is 2.88. The van der Waals surface area contributed by atoms with E-state index < -0.39 is 54.1 Å². The van der Waals surface area contributed by atoms with Crippen molar-refractivity contribution in [2.45, 2.75) is 45.3 Å². The third kappa shape index (κ3) is 3.97. The predicted molar refractivity (Wildman–Crippen MR) is 94.7 cm³/mol. The van der Waals surface area contributed by atoms with Crippen LogP contribution in [0.1, 0.15) is 31.1 Å². The first-order valence-corrected chi connectivity index (χ1v) is 8.81. The molecular weight excluding hydrogens is 386 g/mol. The lowest BCUT2D eigenvalue weighted by molar-refractivity contribution is -0.225. The Morgan fingerprint density at radius 1 is 0.931 bits per heavy atom. The van der Waals surface area contributed by atoms with Gasteiger partial charge in [0.2, 0.25) is 0 Å². The van der Waals surface area contributed by atoms with Crippen LogP contribution in [-0.2, 0) is 38.1 Å². The van der Waals surface area contributed by atoms with Crippen LogP contribution in [0, 0.1) is 0 Å². The van der Waals surface area contributed by atoms with Crippen molar-refractivity contribution >= 4 is 35.3 Å². The molecule has 154 valence electrons. The van der Waals surface area contributed by atoms with Crippen LogP contribution in [0.25, 0.3) is 0 Å². The van der Waals surface area contributed by atoms with Crippen molar-refractivity contribution < 1.29 is 42.9 Å². The number of esters is 3. The molecule has 2 heterocycles. The quantitative estimate of drug-likeness (QED) is 0.397. The molecule has 0 aliphatic carbocycles. The van der Waals surface area contributed by atoms with Gasteiger partial charge in [0.15, 0.2) is 24.5 Å². The summed E-state index contributed by atoms with van der Waals surface area (Å²) in [4.78, 5) is 60.8. The molecule has 0 radical (unpaired) electrons. The van der Waals surface area contributed by atoms with Crippen molar-refractivity contribution in [3.8, 4) is 0 Å². The lowest BCUT2D eigenvalue weighted by Crippen LogP contribution is -2.63. The lowest BCUT2D eigenvalue weighted by atomic mass is 10.0. The Hall–Kier alpha value is -3.27. The van der Waals surface area contributed by atoms with Crippen LogP contribution in [0.2, 0.25) is 0 Å². The molecule has 0 bridgehead atoms. The molecule has 0 unspecified atom stereocenters. The van der Waals surface area contributed by atoms with Crippen LogP contribution in [0.5, 0.6) is 0 Å². The Balaban J connectivity index is 2.02. The molecule has 0 N–H and O–H groups in total. The summed E-state index contributed by atoms with van der Waals surface area (Å²) in [7, 11) is 0. The second-order valence-electron chi connectivity index (χ2n) is 6.54. The van der Waals surface area contributed by atoms with Crippen molar-refractivity contribution in [2.75, 3.05) is 11.5 Å². The molecule has 3 rings (SSSR count). The van der Waals surface area contributed by atoms with E-state index in [0.717, 1.165) is 25.7 Å². The van der Waals surface area contributed by atoms with Gasteiger partial charge in [0.05, 0.1) is 17.9 Å². The number of Topliss-reactive ketones (excluding diaryl/α,β-unsaturated/α-hetero) is 1. The van der Waals surface area contributed by atoms with Gasteiger partial charge in [-0.2, -0.15) is 0 Å². The molecule has 2 aliphatic heterocycles. The first-order valence-electron chi connectivity index (χ1n) is 8.81. The van der Waals surface area contributed by atoms with Gasteiger partial charge in [-0.05, 0) is 12.1 Å². The zero-order valence-electron chi connectivity index (χ0n) is 15.9. The van der Waals surface area contributed by atoms with Crippen LogP contribution in [0.4, 0.5) is 5.69 Å². The summed E-state index contributed by atoms with van der Waals surface area (Å²) in [5.41, 5.74) is 0.450. The molecule has 0 spiro atoms. The maximum atomic E-state index is 12.6. The Bertz CT molecular complexity index is 880. The van der Waals surface area contributed by atoms with Gasteiger partial charge in [-0.1, -0.05) is 12.1 Å². The Kier molecular flexibility index (Phi) is 5.64. The summed E-state index contributed by atoms with van der Waals surface area (Å²) in [6.45, 7) is 3.18. The molecule has 1 aromatic carbocycles. The van der Waals surface area contributed by atoms with Gasteiger partial charge in [0, 0.05) is 20.8 Å². The number of hydrogen-bond acceptors (Lipinski definition) is 9. The summed E-state index contributed by atoms with van der Waals surface area (Å²) >= 11 is 0. The number of carbonyl (C=O) groups is 5. The molecule has 0 aromatic heterocycles. The van der Waals surface area contributed by atoms with Crippen LogP contribution in [0.3, 0.4) is 0 Å². The minimum absolute atomic E-state index is 0.175. The van der Waals surface area contributed by atoms with Gasteiger partial charge in [0.25, 0.3) is 5.78 Å². The smallest absolute Gasteiger partial charge is 0.303 e. The fourth-order valence-electron chi connectivity index (χ4n) is 3.41. The van der Waals surface area contributed by atoms with Crippen molar-refractivity contribution in [3.63, 3.8) is 0 Å². The van der Waals surface area contributed by atoms with Crippen LogP contribution < -0.4 is 4.90 Å². The molecule has 4 atom stereocenters. The summed E-state index contributed by atoms with van der Waals surface area (Å²) in [6.07, 6.45) is -4.91. The topological polar surface area (TPSA) is 126 Å². The number of benzene rings is 1. The van der Waals surface area contributed by atoms with E-state index in [1.165, 1.54) is 6.07 Å². The molecule has 1 saturated heterocycles. The molecule has 1 fully saturated rings. The van der Waals surface area contributed by atoms with Crippen LogP contribution in [-0.4, -0.2) is 60.7 Å². The SMILES string of the molecule is CC(=O)O[C@@H]1[C@H](OC(C)=O)[C@H](OC(C)=O)CO[C@H]1N1C(=O)C(=O)c2ccccc21. The molecule has 10 nitrogen and oxygen atoms in total. The number of rotatable bonds is 4. The Morgan fingerprint density at radius 2 is 1.52 bits per heavy atom. The predicted octanol–water partition coefficient (Wildman–Crippen LogP) is 0.367. The summed E-state index contributed by atoms with van der Waals surface area (Å²) in [5.74, 6) is -3.73. The standard InChI is InChI=1S/C19H19NO9/c1-9(21)27-14-8-26-19(17(29-11(3)23)16(14)28-10(2)22)20-13-7-5-4-6-12(13)15(24)18(20)25/h4-7,14,16-17,19H,8H2,1-3H3/t14-,16-,17-,19-/m1/s1. The number of ether oxygens (including phenoxy) is 4. The largest absolute Gasteiger partial charge is 0.456 e. The third-order valence-corrected chi connectivity index (χ3v) is 4.40.